The number of para-hydroxylation sites is 3. The van der Waals surface area contributed by atoms with Crippen LogP contribution in [0.25, 0.3) is 55.0 Å². The number of benzene rings is 5. The average molecular weight is 551 g/mol. The second-order valence-electron chi connectivity index (χ2n) is 14.7. The maximum Gasteiger partial charge on any atom is 0.252 e. The van der Waals surface area contributed by atoms with Crippen LogP contribution in [0.1, 0.15) is 44.1 Å². The minimum Gasteiger partial charge on any atom is -0.310 e. The van der Waals surface area contributed by atoms with Crippen LogP contribution >= 0.6 is 0 Å². The fraction of sp³-hybridized carbons (Fsp3) is 0.250. The Morgan fingerprint density at radius 1 is 0.535 bits per heavy atom. The van der Waals surface area contributed by atoms with Gasteiger partial charge in [0.2, 0.25) is 0 Å². The summed E-state index contributed by atoms with van der Waals surface area (Å²) in [5.74, 6) is 2.86. The van der Waals surface area contributed by atoms with Gasteiger partial charge in [0, 0.05) is 38.4 Å². The first-order valence-electron chi connectivity index (χ1n) is 16.5. The molecule has 4 heterocycles. The van der Waals surface area contributed by atoms with Gasteiger partial charge < -0.3 is 9.13 Å². The third kappa shape index (κ3) is 2.51. The van der Waals surface area contributed by atoms with Crippen LogP contribution in [-0.2, 0) is 5.41 Å². The molecule has 0 radical (unpaired) electrons. The molecule has 4 bridgehead atoms. The van der Waals surface area contributed by atoms with E-state index >= 15 is 0 Å². The smallest absolute Gasteiger partial charge is 0.252 e. The monoisotopic (exact) mass is 550 g/mol. The summed E-state index contributed by atoms with van der Waals surface area (Å²) in [5.41, 5.74) is 14.6. The van der Waals surface area contributed by atoms with E-state index in [0.717, 1.165) is 17.8 Å². The third-order valence-corrected chi connectivity index (χ3v) is 12.7. The van der Waals surface area contributed by atoms with E-state index in [1.807, 2.05) is 0 Å². The first-order chi connectivity index (χ1) is 21.3. The van der Waals surface area contributed by atoms with Gasteiger partial charge >= 0.3 is 0 Å². The molecule has 7 aromatic rings. The van der Waals surface area contributed by atoms with Gasteiger partial charge in [-0.3, -0.25) is 0 Å². The lowest BCUT2D eigenvalue weighted by atomic mass is 9.34. The average Bonchev–Trinajstić information content (AvgIpc) is 3.55. The molecule has 0 saturated heterocycles. The zero-order valence-electron chi connectivity index (χ0n) is 24.2. The lowest BCUT2D eigenvalue weighted by Gasteiger charge is -2.57. The summed E-state index contributed by atoms with van der Waals surface area (Å²) in [5, 5.41) is 5.52. The van der Waals surface area contributed by atoms with Crippen molar-refractivity contribution < 1.29 is 0 Å². The van der Waals surface area contributed by atoms with Crippen LogP contribution < -0.4 is 16.4 Å². The molecule has 0 atom stereocenters. The number of fused-ring (bicyclic) bond motifs is 11. The molecule has 2 aromatic heterocycles. The topological polar surface area (TPSA) is 9.86 Å². The molecule has 5 aromatic carbocycles. The Kier molecular flexibility index (Phi) is 3.78. The van der Waals surface area contributed by atoms with Gasteiger partial charge in [0.15, 0.2) is 0 Å². The summed E-state index contributed by atoms with van der Waals surface area (Å²) in [4.78, 5) is 0. The number of nitrogens with zero attached hydrogens (tertiary/aromatic N) is 2. The summed E-state index contributed by atoms with van der Waals surface area (Å²) >= 11 is 0. The Morgan fingerprint density at radius 2 is 1.19 bits per heavy atom. The fourth-order valence-corrected chi connectivity index (χ4v) is 11.6. The van der Waals surface area contributed by atoms with Gasteiger partial charge in [-0.25, -0.2) is 0 Å². The summed E-state index contributed by atoms with van der Waals surface area (Å²) in [7, 11) is 0. The minimum absolute atomic E-state index is 0.231. The molecule has 0 unspecified atom stereocenters. The molecular formula is C40H31BN2. The van der Waals surface area contributed by atoms with E-state index in [4.69, 9.17) is 0 Å². The maximum absolute atomic E-state index is 2.66. The summed E-state index contributed by atoms with van der Waals surface area (Å²) in [6.45, 7) is 0.231. The first-order valence-corrected chi connectivity index (χ1v) is 16.5. The van der Waals surface area contributed by atoms with Gasteiger partial charge in [-0.15, -0.1) is 0 Å². The van der Waals surface area contributed by atoms with E-state index in [0.29, 0.717) is 5.41 Å². The molecule has 2 nitrogen and oxygen atoms in total. The maximum atomic E-state index is 2.66. The normalized spacial score (nSPS) is 25.9. The van der Waals surface area contributed by atoms with Gasteiger partial charge in [0.05, 0.1) is 16.6 Å². The Balaban J connectivity index is 1.22. The molecule has 0 N–H and O–H groups in total. The summed E-state index contributed by atoms with van der Waals surface area (Å²) < 4.78 is 5.23. The van der Waals surface area contributed by atoms with Gasteiger partial charge in [-0.1, -0.05) is 72.8 Å². The van der Waals surface area contributed by atoms with Crippen molar-refractivity contribution in [3.05, 3.63) is 103 Å². The Labute approximate surface area is 251 Å². The highest BCUT2D eigenvalue weighted by Gasteiger charge is 2.51. The highest BCUT2D eigenvalue weighted by Crippen LogP contribution is 2.61. The summed E-state index contributed by atoms with van der Waals surface area (Å²) in [6, 6.07) is 37.8. The summed E-state index contributed by atoms with van der Waals surface area (Å²) in [6.07, 6.45) is 8.70. The Bertz CT molecular complexity index is 2370. The van der Waals surface area contributed by atoms with Crippen molar-refractivity contribution in [1.29, 1.82) is 0 Å². The predicted molar refractivity (Wildman–Crippen MR) is 180 cm³/mol. The van der Waals surface area contributed by atoms with Crippen molar-refractivity contribution in [2.24, 2.45) is 17.8 Å². The van der Waals surface area contributed by atoms with Gasteiger partial charge in [-0.2, -0.15) is 0 Å². The lowest BCUT2D eigenvalue weighted by molar-refractivity contribution is -0.00513. The first kappa shape index (κ1) is 22.3. The molecule has 4 fully saturated rings. The zero-order chi connectivity index (χ0) is 27.6. The van der Waals surface area contributed by atoms with Crippen LogP contribution in [0.5, 0.6) is 0 Å². The molecule has 204 valence electrons. The van der Waals surface area contributed by atoms with Crippen LogP contribution in [0.4, 0.5) is 0 Å². The van der Waals surface area contributed by atoms with E-state index in [9.17, 15) is 0 Å². The molecule has 4 aliphatic carbocycles. The molecule has 2 aliphatic heterocycles. The van der Waals surface area contributed by atoms with Crippen molar-refractivity contribution in [2.45, 2.75) is 43.9 Å². The molecule has 4 saturated carbocycles. The molecule has 13 rings (SSSR count). The number of hydrogen-bond acceptors (Lipinski definition) is 0. The van der Waals surface area contributed by atoms with Crippen LogP contribution in [0.2, 0.25) is 0 Å². The van der Waals surface area contributed by atoms with Crippen molar-refractivity contribution in [1.82, 2.24) is 9.13 Å². The number of rotatable bonds is 1. The van der Waals surface area contributed by atoms with Crippen molar-refractivity contribution in [2.75, 3.05) is 0 Å². The fourth-order valence-electron chi connectivity index (χ4n) is 11.6. The van der Waals surface area contributed by atoms with E-state index in [1.54, 1.807) is 5.56 Å². The zero-order valence-corrected chi connectivity index (χ0v) is 24.2. The van der Waals surface area contributed by atoms with E-state index in [-0.39, 0.29) is 6.71 Å². The Morgan fingerprint density at radius 3 is 2.05 bits per heavy atom. The lowest BCUT2D eigenvalue weighted by Crippen LogP contribution is -2.59. The van der Waals surface area contributed by atoms with E-state index in [1.165, 1.54) is 110 Å². The highest BCUT2D eigenvalue weighted by molar-refractivity contribution is 7.00. The van der Waals surface area contributed by atoms with E-state index in [2.05, 4.69) is 106 Å². The third-order valence-electron chi connectivity index (χ3n) is 12.7. The molecule has 3 heteroatoms. The minimum atomic E-state index is 0.231. The van der Waals surface area contributed by atoms with Crippen LogP contribution in [0.3, 0.4) is 0 Å². The molecule has 43 heavy (non-hydrogen) atoms. The van der Waals surface area contributed by atoms with E-state index < -0.39 is 0 Å². The standard InChI is InChI=1S/C40H31BN2/c1-3-10-33-27(6-1)29-7-5-9-32-38(29)42(33)35-15-14-30-28-13-12-26(40-20-23-16-24(21-40)18-25(17-23)22-40)19-36(28)43-34-11-4-2-8-31(34)41(32)37(35)39(30)43/h1-15,19,23-25H,16-18,20-22H2. The largest absolute Gasteiger partial charge is 0.310 e. The van der Waals surface area contributed by atoms with Crippen molar-refractivity contribution >= 4 is 66.7 Å². The SMILES string of the molecule is c1ccc2c(c1)B1c3cccc4c5ccccc5n(c34)-c3ccc4c5ccc(C67CC8CC(CC(C8)C6)C7)cc5n-2c4c31. The molecule has 0 spiro atoms. The van der Waals surface area contributed by atoms with Crippen molar-refractivity contribution in [3.63, 3.8) is 0 Å². The highest BCUT2D eigenvalue weighted by atomic mass is 15.0. The second kappa shape index (κ2) is 7.27. The van der Waals surface area contributed by atoms with Crippen LogP contribution in [0.15, 0.2) is 97.1 Å². The second-order valence-corrected chi connectivity index (χ2v) is 14.7. The molecule has 6 aliphatic rings. The Hall–Kier alpha value is -4.24. The van der Waals surface area contributed by atoms with Crippen LogP contribution in [-0.4, -0.2) is 15.8 Å². The molecular weight excluding hydrogens is 519 g/mol. The number of aromatic nitrogens is 2. The quantitative estimate of drug-likeness (QED) is 0.188. The molecule has 0 amide bonds. The van der Waals surface area contributed by atoms with Crippen molar-refractivity contribution in [3.8, 4) is 11.4 Å². The van der Waals surface area contributed by atoms with Gasteiger partial charge in [-0.05, 0) is 108 Å². The predicted octanol–water partition coefficient (Wildman–Crippen LogP) is 7.49. The number of hydrogen-bond donors (Lipinski definition) is 0. The van der Waals surface area contributed by atoms with Gasteiger partial charge in [0.25, 0.3) is 6.71 Å². The van der Waals surface area contributed by atoms with Crippen LogP contribution in [0, 0.1) is 17.8 Å². The van der Waals surface area contributed by atoms with Gasteiger partial charge in [0.1, 0.15) is 0 Å².